The third-order valence-corrected chi connectivity index (χ3v) is 4.53. The SMILES string of the molecule is Cn1cc(-c2ccncc2)c(NS(=O)(=O)c2ccc(F)cc2)n1. The van der Waals surface area contributed by atoms with E-state index in [1.54, 1.807) is 37.8 Å². The second-order valence-electron chi connectivity index (χ2n) is 4.86. The van der Waals surface area contributed by atoms with E-state index in [1.807, 2.05) is 0 Å². The number of nitrogens with zero attached hydrogens (tertiary/aromatic N) is 3. The zero-order valence-corrected chi connectivity index (χ0v) is 13.0. The highest BCUT2D eigenvalue weighted by molar-refractivity contribution is 7.92. The largest absolute Gasteiger partial charge is 0.273 e. The lowest BCUT2D eigenvalue weighted by atomic mass is 10.1. The van der Waals surface area contributed by atoms with E-state index in [2.05, 4.69) is 14.8 Å². The number of hydrogen-bond donors (Lipinski definition) is 1. The van der Waals surface area contributed by atoms with E-state index in [0.29, 0.717) is 5.56 Å². The molecule has 3 rings (SSSR count). The van der Waals surface area contributed by atoms with Crippen LogP contribution < -0.4 is 4.72 Å². The third-order valence-electron chi connectivity index (χ3n) is 3.18. The zero-order valence-electron chi connectivity index (χ0n) is 12.1. The highest BCUT2D eigenvalue weighted by atomic mass is 32.2. The number of anilines is 1. The Kier molecular flexibility index (Phi) is 3.83. The Bertz CT molecular complexity index is 922. The van der Waals surface area contributed by atoms with Crippen molar-refractivity contribution in [1.29, 1.82) is 0 Å². The van der Waals surface area contributed by atoms with Gasteiger partial charge in [-0.1, -0.05) is 0 Å². The van der Waals surface area contributed by atoms with E-state index in [4.69, 9.17) is 0 Å². The van der Waals surface area contributed by atoms with Crippen molar-refractivity contribution in [2.24, 2.45) is 7.05 Å². The van der Waals surface area contributed by atoms with Crippen LogP contribution >= 0.6 is 0 Å². The van der Waals surface area contributed by atoms with Crippen molar-refractivity contribution in [3.05, 3.63) is 60.8 Å². The number of aryl methyl sites for hydroxylation is 1. The van der Waals surface area contributed by atoms with E-state index < -0.39 is 15.8 Å². The molecule has 2 heterocycles. The van der Waals surface area contributed by atoms with Crippen LogP contribution in [0, 0.1) is 5.82 Å². The Morgan fingerprint density at radius 2 is 1.74 bits per heavy atom. The van der Waals surface area contributed by atoms with Gasteiger partial charge in [0.2, 0.25) is 0 Å². The fraction of sp³-hybridized carbons (Fsp3) is 0.0667. The zero-order chi connectivity index (χ0) is 16.4. The average molecular weight is 332 g/mol. The van der Waals surface area contributed by atoms with Crippen molar-refractivity contribution < 1.29 is 12.8 Å². The normalized spacial score (nSPS) is 11.4. The second-order valence-corrected chi connectivity index (χ2v) is 6.54. The van der Waals surface area contributed by atoms with E-state index >= 15 is 0 Å². The molecule has 0 aliphatic heterocycles. The van der Waals surface area contributed by atoms with Gasteiger partial charge in [0.05, 0.1) is 4.90 Å². The van der Waals surface area contributed by atoms with Crippen LogP contribution in [0.5, 0.6) is 0 Å². The Morgan fingerprint density at radius 1 is 1.09 bits per heavy atom. The van der Waals surface area contributed by atoms with Crippen LogP contribution in [-0.4, -0.2) is 23.2 Å². The maximum absolute atomic E-state index is 13.0. The average Bonchev–Trinajstić information content (AvgIpc) is 2.88. The molecule has 0 fully saturated rings. The van der Waals surface area contributed by atoms with Crippen molar-refractivity contribution in [2.75, 3.05) is 4.72 Å². The van der Waals surface area contributed by atoms with Gasteiger partial charge in [0, 0.05) is 31.2 Å². The van der Waals surface area contributed by atoms with Gasteiger partial charge in [-0.25, -0.2) is 12.8 Å². The molecule has 23 heavy (non-hydrogen) atoms. The molecule has 2 aromatic heterocycles. The van der Waals surface area contributed by atoms with Crippen LogP contribution in [0.4, 0.5) is 10.2 Å². The Balaban J connectivity index is 1.99. The molecule has 0 saturated heterocycles. The number of rotatable bonds is 4. The molecule has 1 aromatic carbocycles. The predicted molar refractivity (Wildman–Crippen MR) is 83.6 cm³/mol. The summed E-state index contributed by atoms with van der Waals surface area (Å²) in [6.07, 6.45) is 4.93. The summed E-state index contributed by atoms with van der Waals surface area (Å²) in [4.78, 5) is 3.90. The molecule has 0 saturated carbocycles. The van der Waals surface area contributed by atoms with Gasteiger partial charge < -0.3 is 0 Å². The Hall–Kier alpha value is -2.74. The first-order chi connectivity index (χ1) is 11.0. The third kappa shape index (κ3) is 3.21. The minimum atomic E-state index is -3.86. The molecule has 0 unspecified atom stereocenters. The van der Waals surface area contributed by atoms with Crippen LogP contribution in [0.3, 0.4) is 0 Å². The number of nitrogens with one attached hydrogen (secondary N) is 1. The smallest absolute Gasteiger partial charge is 0.263 e. The van der Waals surface area contributed by atoms with Crippen molar-refractivity contribution in [1.82, 2.24) is 14.8 Å². The summed E-state index contributed by atoms with van der Waals surface area (Å²) >= 11 is 0. The number of benzene rings is 1. The molecule has 0 bridgehead atoms. The van der Waals surface area contributed by atoms with Gasteiger partial charge in [0.1, 0.15) is 5.82 Å². The summed E-state index contributed by atoms with van der Waals surface area (Å²) in [5.74, 6) is -0.303. The fourth-order valence-electron chi connectivity index (χ4n) is 2.11. The van der Waals surface area contributed by atoms with Crippen LogP contribution in [0.15, 0.2) is 59.9 Å². The van der Waals surface area contributed by atoms with Crippen LogP contribution in [0.1, 0.15) is 0 Å². The molecule has 1 N–H and O–H groups in total. The summed E-state index contributed by atoms with van der Waals surface area (Å²) in [6, 6.07) is 8.10. The van der Waals surface area contributed by atoms with Gasteiger partial charge in [-0.15, -0.1) is 0 Å². The second kappa shape index (κ2) is 5.81. The van der Waals surface area contributed by atoms with E-state index in [9.17, 15) is 12.8 Å². The highest BCUT2D eigenvalue weighted by Gasteiger charge is 2.19. The van der Waals surface area contributed by atoms with Crippen LogP contribution in [0.2, 0.25) is 0 Å². The first-order valence-corrected chi connectivity index (χ1v) is 8.16. The van der Waals surface area contributed by atoms with Crippen molar-refractivity contribution in [3.63, 3.8) is 0 Å². The summed E-state index contributed by atoms with van der Waals surface area (Å²) in [5.41, 5.74) is 1.41. The summed E-state index contributed by atoms with van der Waals surface area (Å²) in [6.45, 7) is 0. The maximum atomic E-state index is 13.0. The molecule has 3 aromatic rings. The molecule has 0 aliphatic carbocycles. The van der Waals surface area contributed by atoms with Gasteiger partial charge in [0.25, 0.3) is 10.0 Å². The summed E-state index contributed by atoms with van der Waals surface area (Å²) in [7, 11) is -2.16. The Labute approximate surface area is 132 Å². The lowest BCUT2D eigenvalue weighted by Gasteiger charge is -2.07. The molecule has 0 radical (unpaired) electrons. The van der Waals surface area contributed by atoms with Crippen molar-refractivity contribution >= 4 is 15.8 Å². The molecule has 0 aliphatic rings. The van der Waals surface area contributed by atoms with Crippen LogP contribution in [0.25, 0.3) is 11.1 Å². The maximum Gasteiger partial charge on any atom is 0.263 e. The van der Waals surface area contributed by atoms with Gasteiger partial charge >= 0.3 is 0 Å². The first-order valence-electron chi connectivity index (χ1n) is 6.68. The number of halogens is 1. The minimum Gasteiger partial charge on any atom is -0.273 e. The topological polar surface area (TPSA) is 76.9 Å². The molecule has 0 spiro atoms. The first kappa shape index (κ1) is 15.2. The van der Waals surface area contributed by atoms with E-state index in [-0.39, 0.29) is 10.7 Å². The van der Waals surface area contributed by atoms with Gasteiger partial charge in [-0.05, 0) is 42.0 Å². The molecule has 8 heteroatoms. The molecule has 118 valence electrons. The standard InChI is InChI=1S/C15H13FN4O2S/c1-20-10-14(11-6-8-17-9-7-11)15(18-20)19-23(21,22)13-4-2-12(16)3-5-13/h2-10H,1H3,(H,18,19). The molecule has 0 amide bonds. The number of aromatic nitrogens is 3. The van der Waals surface area contributed by atoms with Gasteiger partial charge in [0.15, 0.2) is 5.82 Å². The molecule has 0 atom stereocenters. The minimum absolute atomic E-state index is 0.0368. The number of sulfonamides is 1. The summed E-state index contributed by atoms with van der Waals surface area (Å²) < 4.78 is 41.7. The number of hydrogen-bond acceptors (Lipinski definition) is 4. The van der Waals surface area contributed by atoms with E-state index in [0.717, 1.165) is 17.7 Å². The van der Waals surface area contributed by atoms with Crippen LogP contribution in [-0.2, 0) is 17.1 Å². The molecular weight excluding hydrogens is 319 g/mol. The monoisotopic (exact) mass is 332 g/mol. The lowest BCUT2D eigenvalue weighted by molar-refractivity contribution is 0.599. The lowest BCUT2D eigenvalue weighted by Crippen LogP contribution is -2.14. The van der Waals surface area contributed by atoms with E-state index in [1.165, 1.54) is 16.8 Å². The van der Waals surface area contributed by atoms with Gasteiger partial charge in [-0.2, -0.15) is 5.10 Å². The summed E-state index contributed by atoms with van der Waals surface area (Å²) in [5, 5.41) is 4.15. The van der Waals surface area contributed by atoms with Gasteiger partial charge in [-0.3, -0.25) is 14.4 Å². The Morgan fingerprint density at radius 3 is 2.39 bits per heavy atom. The van der Waals surface area contributed by atoms with Crippen molar-refractivity contribution in [2.45, 2.75) is 4.90 Å². The molecular formula is C15H13FN4O2S. The predicted octanol–water partition coefficient (Wildman–Crippen LogP) is 2.42. The van der Waals surface area contributed by atoms with Crippen molar-refractivity contribution in [3.8, 4) is 11.1 Å². The fourth-order valence-corrected chi connectivity index (χ4v) is 3.12. The molecule has 6 nitrogen and oxygen atoms in total. The highest BCUT2D eigenvalue weighted by Crippen LogP contribution is 2.28. The quantitative estimate of drug-likeness (QED) is 0.796. The number of pyridine rings is 1.